The molecule has 114 valence electrons. The van der Waals surface area contributed by atoms with Crippen molar-refractivity contribution in [2.75, 3.05) is 11.3 Å². The molecule has 0 saturated carbocycles. The highest BCUT2D eigenvalue weighted by molar-refractivity contribution is 7.91. The fourth-order valence-corrected chi connectivity index (χ4v) is 1.93. The third-order valence-corrected chi connectivity index (χ3v) is 2.81. The molecule has 0 aliphatic carbocycles. The van der Waals surface area contributed by atoms with Crippen molar-refractivity contribution in [1.82, 2.24) is 9.71 Å². The number of nitrogens with two attached hydrogens (primary N) is 1. The van der Waals surface area contributed by atoms with Crippen LogP contribution in [0, 0.1) is 11.8 Å². The van der Waals surface area contributed by atoms with Gasteiger partial charge in [-0.25, -0.2) is 14.5 Å². The summed E-state index contributed by atoms with van der Waals surface area (Å²) in [6, 6.07) is 3.01. The largest absolute Gasteiger partial charge is 0.446 e. The molecule has 0 spiro atoms. The number of hydrogen-bond donors (Lipinski definition) is 3. The van der Waals surface area contributed by atoms with E-state index in [1.165, 1.54) is 12.3 Å². The Kier molecular flexibility index (Phi) is 5.95. The van der Waals surface area contributed by atoms with Gasteiger partial charge in [-0.1, -0.05) is 11.8 Å². The van der Waals surface area contributed by atoms with E-state index in [0.717, 1.165) is 0 Å². The number of carbonyl (C=O) groups is 1. The van der Waals surface area contributed by atoms with Gasteiger partial charge in [0.2, 0.25) is 0 Å². The van der Waals surface area contributed by atoms with Gasteiger partial charge >= 0.3 is 16.3 Å². The molecule has 0 unspecified atom stereocenters. The molecule has 1 heterocycles. The standard InChI is InChI=1S/C12H16N4O4S/c1-9(2)20-12(17)16-21(18,19)15-11-8-10(4-3-6-13)5-7-14-11/h5,7-9H,6,13H2,1-2H3,(H,14,15)(H,16,17). The van der Waals surface area contributed by atoms with E-state index >= 15 is 0 Å². The maximum absolute atomic E-state index is 11.7. The Bertz CT molecular complexity index is 661. The molecule has 0 aliphatic rings. The zero-order valence-corrected chi connectivity index (χ0v) is 12.4. The number of rotatable bonds is 4. The number of pyridine rings is 1. The van der Waals surface area contributed by atoms with Crippen LogP contribution < -0.4 is 15.2 Å². The van der Waals surface area contributed by atoms with E-state index in [1.54, 1.807) is 24.6 Å². The molecule has 1 aromatic rings. The normalized spacial score (nSPS) is 10.5. The van der Waals surface area contributed by atoms with Crippen molar-refractivity contribution in [2.24, 2.45) is 5.73 Å². The van der Waals surface area contributed by atoms with E-state index in [2.05, 4.69) is 26.3 Å². The Balaban J connectivity index is 2.77. The average Bonchev–Trinajstić information content (AvgIpc) is 2.34. The number of amides is 1. The number of aromatic nitrogens is 1. The Hall–Kier alpha value is -2.31. The maximum Gasteiger partial charge on any atom is 0.422 e. The second-order valence-electron chi connectivity index (χ2n) is 4.10. The molecule has 8 nitrogen and oxygen atoms in total. The predicted molar refractivity (Wildman–Crippen MR) is 77.5 cm³/mol. The van der Waals surface area contributed by atoms with Crippen molar-refractivity contribution >= 4 is 22.1 Å². The monoisotopic (exact) mass is 312 g/mol. The van der Waals surface area contributed by atoms with E-state index in [0.29, 0.717) is 5.56 Å². The molecule has 1 amide bonds. The Morgan fingerprint density at radius 3 is 2.86 bits per heavy atom. The molecule has 4 N–H and O–H groups in total. The van der Waals surface area contributed by atoms with Crippen molar-refractivity contribution in [3.63, 3.8) is 0 Å². The number of anilines is 1. The lowest BCUT2D eigenvalue weighted by Gasteiger charge is -2.11. The van der Waals surface area contributed by atoms with E-state index in [-0.39, 0.29) is 12.4 Å². The minimum Gasteiger partial charge on any atom is -0.446 e. The lowest BCUT2D eigenvalue weighted by Crippen LogP contribution is -2.37. The number of ether oxygens (including phenoxy) is 1. The van der Waals surface area contributed by atoms with Crippen LogP contribution in [0.25, 0.3) is 0 Å². The lowest BCUT2D eigenvalue weighted by molar-refractivity contribution is 0.121. The molecular formula is C12H16N4O4S. The van der Waals surface area contributed by atoms with Gasteiger partial charge in [0.1, 0.15) is 5.82 Å². The van der Waals surface area contributed by atoms with E-state index in [4.69, 9.17) is 5.73 Å². The SMILES string of the molecule is CC(C)OC(=O)NS(=O)(=O)Nc1cc(C#CCN)ccn1. The van der Waals surface area contributed by atoms with Gasteiger partial charge in [-0.05, 0) is 26.0 Å². The molecule has 9 heteroatoms. The fourth-order valence-electron chi connectivity index (χ4n) is 1.23. The first-order valence-electron chi connectivity index (χ1n) is 5.98. The number of hydrogen-bond acceptors (Lipinski definition) is 6. The van der Waals surface area contributed by atoms with Gasteiger partial charge in [0.15, 0.2) is 0 Å². The summed E-state index contributed by atoms with van der Waals surface area (Å²) in [4.78, 5) is 15.1. The number of carbonyl (C=O) groups excluding carboxylic acids is 1. The number of nitrogens with zero attached hydrogens (tertiary/aromatic N) is 1. The molecular weight excluding hydrogens is 296 g/mol. The summed E-state index contributed by atoms with van der Waals surface area (Å²) in [5.74, 6) is 5.38. The van der Waals surface area contributed by atoms with Crippen LogP contribution in [0.15, 0.2) is 18.3 Å². The summed E-state index contributed by atoms with van der Waals surface area (Å²) in [5, 5.41) is 0. The van der Waals surface area contributed by atoms with Crippen molar-refractivity contribution in [3.05, 3.63) is 23.9 Å². The summed E-state index contributed by atoms with van der Waals surface area (Å²) in [6.07, 6.45) is -0.130. The molecule has 0 bridgehead atoms. The molecule has 21 heavy (non-hydrogen) atoms. The molecule has 0 saturated heterocycles. The zero-order chi connectivity index (χ0) is 15.9. The van der Waals surface area contributed by atoms with Crippen molar-refractivity contribution in [2.45, 2.75) is 20.0 Å². The Morgan fingerprint density at radius 2 is 2.24 bits per heavy atom. The topological polar surface area (TPSA) is 123 Å². The van der Waals surface area contributed by atoms with Gasteiger partial charge < -0.3 is 10.5 Å². The molecule has 0 aliphatic heterocycles. The summed E-state index contributed by atoms with van der Waals surface area (Å²) < 4.78 is 31.9. The third kappa shape index (κ3) is 6.60. The van der Waals surface area contributed by atoms with Crippen LogP contribution in [-0.2, 0) is 14.9 Å². The van der Waals surface area contributed by atoms with E-state index in [1.807, 2.05) is 0 Å². The van der Waals surface area contributed by atoms with Crippen LogP contribution in [0.3, 0.4) is 0 Å². The molecule has 1 aromatic heterocycles. The molecule has 0 atom stereocenters. The molecule has 1 rings (SSSR count). The van der Waals surface area contributed by atoms with Crippen LogP contribution in [0.4, 0.5) is 10.6 Å². The van der Waals surface area contributed by atoms with Crippen LogP contribution in [0.5, 0.6) is 0 Å². The van der Waals surface area contributed by atoms with Gasteiger partial charge in [0.05, 0.1) is 12.6 Å². The van der Waals surface area contributed by atoms with Crippen LogP contribution in [0.1, 0.15) is 19.4 Å². The first-order chi connectivity index (χ1) is 9.82. The molecule has 0 fully saturated rings. The van der Waals surface area contributed by atoms with Crippen molar-refractivity contribution in [1.29, 1.82) is 0 Å². The lowest BCUT2D eigenvalue weighted by atomic mass is 10.2. The summed E-state index contributed by atoms with van der Waals surface area (Å²) in [6.45, 7) is 3.38. The van der Waals surface area contributed by atoms with Gasteiger partial charge in [0, 0.05) is 11.8 Å². The van der Waals surface area contributed by atoms with Crippen LogP contribution in [0.2, 0.25) is 0 Å². The summed E-state index contributed by atoms with van der Waals surface area (Å²) in [7, 11) is -4.13. The maximum atomic E-state index is 11.7. The second kappa shape index (κ2) is 7.47. The minimum atomic E-state index is -4.13. The van der Waals surface area contributed by atoms with Gasteiger partial charge in [-0.3, -0.25) is 4.72 Å². The Morgan fingerprint density at radius 1 is 1.52 bits per heavy atom. The minimum absolute atomic E-state index is 0.0173. The highest BCUT2D eigenvalue weighted by atomic mass is 32.2. The predicted octanol–water partition coefficient (Wildman–Crippen LogP) is 0.183. The van der Waals surface area contributed by atoms with Crippen molar-refractivity contribution in [3.8, 4) is 11.8 Å². The zero-order valence-electron chi connectivity index (χ0n) is 11.6. The quantitative estimate of drug-likeness (QED) is 0.682. The Labute approximate surface area is 123 Å². The summed E-state index contributed by atoms with van der Waals surface area (Å²) in [5.41, 5.74) is 5.79. The second-order valence-corrected chi connectivity index (χ2v) is 5.51. The first kappa shape index (κ1) is 16.7. The number of nitrogens with one attached hydrogen (secondary N) is 2. The van der Waals surface area contributed by atoms with Gasteiger partial charge in [0.25, 0.3) is 0 Å². The van der Waals surface area contributed by atoms with E-state index < -0.39 is 22.4 Å². The highest BCUT2D eigenvalue weighted by Gasteiger charge is 2.16. The third-order valence-electron chi connectivity index (χ3n) is 1.89. The summed E-state index contributed by atoms with van der Waals surface area (Å²) >= 11 is 0. The van der Waals surface area contributed by atoms with Crippen LogP contribution >= 0.6 is 0 Å². The van der Waals surface area contributed by atoms with Crippen LogP contribution in [-0.4, -0.2) is 32.1 Å². The fraction of sp³-hybridized carbons (Fsp3) is 0.333. The molecule has 0 radical (unpaired) electrons. The first-order valence-corrected chi connectivity index (χ1v) is 7.47. The van der Waals surface area contributed by atoms with E-state index in [9.17, 15) is 13.2 Å². The van der Waals surface area contributed by atoms with Gasteiger partial charge in [-0.2, -0.15) is 8.42 Å². The highest BCUT2D eigenvalue weighted by Crippen LogP contribution is 2.07. The molecule has 0 aromatic carbocycles. The average molecular weight is 312 g/mol. The van der Waals surface area contributed by atoms with Gasteiger partial charge in [-0.15, -0.1) is 0 Å². The van der Waals surface area contributed by atoms with Crippen molar-refractivity contribution < 1.29 is 17.9 Å². The smallest absolute Gasteiger partial charge is 0.422 e.